The Morgan fingerprint density at radius 1 is 0.903 bits per heavy atom. The lowest BCUT2D eigenvalue weighted by molar-refractivity contribution is -0.133. The summed E-state index contributed by atoms with van der Waals surface area (Å²) in [5.41, 5.74) is 6.13. The minimum Gasteiger partial charge on any atom is -0.481 e. The molecule has 2 rings (SSSR count). The van der Waals surface area contributed by atoms with Crippen molar-refractivity contribution in [3.8, 4) is 5.75 Å². The van der Waals surface area contributed by atoms with Crippen molar-refractivity contribution in [1.82, 2.24) is 10.9 Å². The second kappa shape index (κ2) is 11.6. The van der Waals surface area contributed by atoms with Crippen molar-refractivity contribution >= 4 is 46.6 Å². The summed E-state index contributed by atoms with van der Waals surface area (Å²) in [6.45, 7) is 5.75. The summed E-state index contributed by atoms with van der Waals surface area (Å²) >= 11 is 11.8. The van der Waals surface area contributed by atoms with Crippen molar-refractivity contribution in [3.05, 3.63) is 58.1 Å². The van der Waals surface area contributed by atoms with Crippen LogP contribution in [0, 0.1) is 0 Å². The first kappa shape index (κ1) is 24.5. The third kappa shape index (κ3) is 8.11. The van der Waals surface area contributed by atoms with Gasteiger partial charge < -0.3 is 10.1 Å². The molecule has 0 bridgehead atoms. The van der Waals surface area contributed by atoms with Crippen LogP contribution in [0.1, 0.15) is 45.1 Å². The molecular formula is C22H25Cl2N3O4. The zero-order chi connectivity index (χ0) is 23.0. The molecule has 3 N–H and O–H groups in total. The lowest BCUT2D eigenvalue weighted by Crippen LogP contribution is -2.47. The lowest BCUT2D eigenvalue weighted by Gasteiger charge is -2.16. The van der Waals surface area contributed by atoms with Gasteiger partial charge in [0.25, 0.3) is 5.91 Å². The predicted molar refractivity (Wildman–Crippen MR) is 121 cm³/mol. The van der Waals surface area contributed by atoms with Crippen LogP contribution in [-0.4, -0.2) is 23.8 Å². The van der Waals surface area contributed by atoms with Crippen molar-refractivity contribution in [2.75, 3.05) is 5.32 Å². The summed E-state index contributed by atoms with van der Waals surface area (Å²) < 4.78 is 5.58. The number of anilines is 1. The topological polar surface area (TPSA) is 96.5 Å². The van der Waals surface area contributed by atoms with Gasteiger partial charge in [0.2, 0.25) is 11.8 Å². The summed E-state index contributed by atoms with van der Waals surface area (Å²) in [5, 5.41) is 3.34. The van der Waals surface area contributed by atoms with Crippen molar-refractivity contribution < 1.29 is 19.1 Å². The zero-order valence-corrected chi connectivity index (χ0v) is 19.0. The van der Waals surface area contributed by atoms with Crippen LogP contribution in [-0.2, 0) is 14.4 Å². The number of amides is 3. The maximum atomic E-state index is 12.1. The van der Waals surface area contributed by atoms with E-state index in [0.717, 1.165) is 0 Å². The van der Waals surface area contributed by atoms with Gasteiger partial charge in [0.1, 0.15) is 5.75 Å². The molecule has 0 aliphatic carbocycles. The predicted octanol–water partition coefficient (Wildman–Crippen LogP) is 4.45. The van der Waals surface area contributed by atoms with Gasteiger partial charge in [-0.15, -0.1) is 0 Å². The number of hydrazine groups is 1. The fourth-order valence-electron chi connectivity index (χ4n) is 2.51. The van der Waals surface area contributed by atoms with Gasteiger partial charge in [0.05, 0.1) is 10.7 Å². The number of nitrogens with one attached hydrogen (secondary N) is 3. The molecule has 31 heavy (non-hydrogen) atoms. The Bertz CT molecular complexity index is 933. The fourth-order valence-corrected chi connectivity index (χ4v) is 2.97. The van der Waals surface area contributed by atoms with E-state index in [1.165, 1.54) is 11.6 Å². The van der Waals surface area contributed by atoms with Gasteiger partial charge in [-0.2, -0.15) is 0 Å². The van der Waals surface area contributed by atoms with Crippen molar-refractivity contribution in [2.45, 2.75) is 45.6 Å². The molecule has 0 aromatic heterocycles. The molecule has 3 amide bonds. The quantitative estimate of drug-likeness (QED) is 0.501. The number of ether oxygens (including phenoxy) is 1. The highest BCUT2D eigenvalue weighted by atomic mass is 35.5. The Kier molecular flexibility index (Phi) is 9.15. The van der Waals surface area contributed by atoms with Gasteiger partial charge in [-0.3, -0.25) is 25.2 Å². The van der Waals surface area contributed by atoms with Crippen LogP contribution in [0.5, 0.6) is 5.75 Å². The Balaban J connectivity index is 1.72. The molecule has 0 radical (unpaired) electrons. The maximum Gasteiger partial charge on any atom is 0.279 e. The number of carbonyl (C=O) groups excluding carboxylic acids is 3. The van der Waals surface area contributed by atoms with E-state index in [2.05, 4.69) is 30.0 Å². The van der Waals surface area contributed by atoms with E-state index in [1.807, 2.05) is 12.1 Å². The summed E-state index contributed by atoms with van der Waals surface area (Å²) in [4.78, 5) is 36.0. The molecule has 0 aliphatic rings. The minimum absolute atomic E-state index is 0.0884. The van der Waals surface area contributed by atoms with Crippen LogP contribution in [0.4, 0.5) is 5.69 Å². The molecular weight excluding hydrogens is 441 g/mol. The lowest BCUT2D eigenvalue weighted by atomic mass is 10.0. The van der Waals surface area contributed by atoms with Gasteiger partial charge in [-0.25, -0.2) is 0 Å². The molecule has 2 aromatic rings. The summed E-state index contributed by atoms with van der Waals surface area (Å²) in [6.07, 6.45) is -1.03. The van der Waals surface area contributed by atoms with Crippen molar-refractivity contribution in [1.29, 1.82) is 0 Å². The van der Waals surface area contributed by atoms with E-state index in [9.17, 15) is 14.4 Å². The third-order valence-electron chi connectivity index (χ3n) is 4.34. The van der Waals surface area contributed by atoms with E-state index in [0.29, 0.717) is 27.4 Å². The molecule has 0 spiro atoms. The SMILES string of the molecule is CC(Oc1ccc(C(C)C)cc1)C(=O)NNC(=O)CCC(=O)Nc1ccc(Cl)cc1Cl. The summed E-state index contributed by atoms with van der Waals surface area (Å²) in [7, 11) is 0. The van der Waals surface area contributed by atoms with E-state index in [-0.39, 0.29) is 12.8 Å². The maximum absolute atomic E-state index is 12.1. The Hall–Kier alpha value is -2.77. The summed E-state index contributed by atoms with van der Waals surface area (Å²) in [6, 6.07) is 12.1. The number of rotatable bonds is 8. The van der Waals surface area contributed by atoms with Crippen molar-refractivity contribution in [3.63, 3.8) is 0 Å². The van der Waals surface area contributed by atoms with Gasteiger partial charge >= 0.3 is 0 Å². The molecule has 0 heterocycles. The van der Waals surface area contributed by atoms with E-state index in [4.69, 9.17) is 27.9 Å². The van der Waals surface area contributed by atoms with Crippen LogP contribution >= 0.6 is 23.2 Å². The molecule has 1 atom stereocenters. The number of halogens is 2. The summed E-state index contributed by atoms with van der Waals surface area (Å²) in [5.74, 6) is -0.476. The van der Waals surface area contributed by atoms with E-state index in [1.54, 1.807) is 31.2 Å². The van der Waals surface area contributed by atoms with Crippen LogP contribution in [0.2, 0.25) is 10.0 Å². The first-order valence-electron chi connectivity index (χ1n) is 9.76. The van der Waals surface area contributed by atoms with Crippen LogP contribution in [0.15, 0.2) is 42.5 Å². The minimum atomic E-state index is -0.819. The third-order valence-corrected chi connectivity index (χ3v) is 4.89. The molecule has 0 saturated carbocycles. The van der Waals surface area contributed by atoms with E-state index < -0.39 is 23.8 Å². The molecule has 0 saturated heterocycles. The number of benzene rings is 2. The normalized spacial score (nSPS) is 11.5. The standard InChI is InChI=1S/C22H25Cl2N3O4/c1-13(2)15-4-7-17(8-5-15)31-14(3)22(30)27-26-21(29)11-10-20(28)25-19-9-6-16(23)12-18(19)24/h4-9,12-14H,10-11H2,1-3H3,(H,25,28)(H,26,29)(H,27,30). The van der Waals surface area contributed by atoms with Crippen LogP contribution < -0.4 is 20.9 Å². The average Bonchev–Trinajstić information content (AvgIpc) is 2.72. The van der Waals surface area contributed by atoms with E-state index >= 15 is 0 Å². The van der Waals surface area contributed by atoms with Gasteiger partial charge in [-0.1, -0.05) is 49.2 Å². The first-order chi connectivity index (χ1) is 14.7. The van der Waals surface area contributed by atoms with Crippen LogP contribution in [0.3, 0.4) is 0 Å². The molecule has 7 nitrogen and oxygen atoms in total. The second-order valence-electron chi connectivity index (χ2n) is 7.19. The highest BCUT2D eigenvalue weighted by Crippen LogP contribution is 2.25. The Labute approximate surface area is 191 Å². The Morgan fingerprint density at radius 2 is 1.55 bits per heavy atom. The average molecular weight is 466 g/mol. The van der Waals surface area contributed by atoms with Gasteiger partial charge in [0.15, 0.2) is 6.10 Å². The smallest absolute Gasteiger partial charge is 0.279 e. The highest BCUT2D eigenvalue weighted by molar-refractivity contribution is 6.36. The second-order valence-corrected chi connectivity index (χ2v) is 8.04. The van der Waals surface area contributed by atoms with Crippen molar-refractivity contribution in [2.24, 2.45) is 0 Å². The monoisotopic (exact) mass is 465 g/mol. The molecule has 9 heteroatoms. The Morgan fingerprint density at radius 3 is 2.16 bits per heavy atom. The van der Waals surface area contributed by atoms with Gasteiger partial charge in [-0.05, 0) is 48.7 Å². The zero-order valence-electron chi connectivity index (χ0n) is 17.5. The fraction of sp³-hybridized carbons (Fsp3) is 0.318. The van der Waals surface area contributed by atoms with Gasteiger partial charge in [0, 0.05) is 17.9 Å². The number of carbonyl (C=O) groups is 3. The highest BCUT2D eigenvalue weighted by Gasteiger charge is 2.16. The number of hydrogen-bond donors (Lipinski definition) is 3. The largest absolute Gasteiger partial charge is 0.481 e. The molecule has 1 unspecified atom stereocenters. The first-order valence-corrected chi connectivity index (χ1v) is 10.5. The molecule has 166 valence electrons. The molecule has 0 fully saturated rings. The number of hydrogen-bond acceptors (Lipinski definition) is 4. The molecule has 2 aromatic carbocycles. The molecule has 0 aliphatic heterocycles. The van der Waals surface area contributed by atoms with Crippen LogP contribution in [0.25, 0.3) is 0 Å².